The molecule has 20 heavy (non-hydrogen) atoms. The van der Waals surface area contributed by atoms with E-state index in [1.54, 1.807) is 6.07 Å². The maximum atomic E-state index is 12.0. The predicted octanol–water partition coefficient (Wildman–Crippen LogP) is 2.33. The van der Waals surface area contributed by atoms with Gasteiger partial charge in [0, 0.05) is 30.9 Å². The Morgan fingerprint density at radius 1 is 1.35 bits per heavy atom. The molecule has 6 heteroatoms. The molecule has 6 nitrogen and oxygen atoms in total. The fourth-order valence-electron chi connectivity index (χ4n) is 2.34. The third kappa shape index (κ3) is 3.46. The van der Waals surface area contributed by atoms with Crippen LogP contribution < -0.4 is 5.32 Å². The second-order valence-corrected chi connectivity index (χ2v) is 5.05. The Balaban J connectivity index is 1.97. The van der Waals surface area contributed by atoms with Crippen LogP contribution in [0.25, 0.3) is 0 Å². The van der Waals surface area contributed by atoms with Crippen molar-refractivity contribution in [1.29, 1.82) is 0 Å². The average Bonchev–Trinajstić information content (AvgIpc) is 2.46. The smallest absolute Gasteiger partial charge is 0.271 e. The minimum absolute atomic E-state index is 0.0310. The monoisotopic (exact) mass is 277 g/mol. The van der Waals surface area contributed by atoms with E-state index in [-0.39, 0.29) is 18.1 Å². The minimum atomic E-state index is -0.433. The van der Waals surface area contributed by atoms with Crippen molar-refractivity contribution in [2.45, 2.75) is 26.2 Å². The highest BCUT2D eigenvalue weighted by Gasteiger charge is 2.16. The summed E-state index contributed by atoms with van der Waals surface area (Å²) in [4.78, 5) is 24.2. The average molecular weight is 277 g/mol. The van der Waals surface area contributed by atoms with E-state index >= 15 is 0 Å². The lowest BCUT2D eigenvalue weighted by molar-refractivity contribution is -0.384. The van der Waals surface area contributed by atoms with Gasteiger partial charge in [-0.15, -0.1) is 0 Å². The Hall–Kier alpha value is -2.11. The van der Waals surface area contributed by atoms with Crippen LogP contribution in [-0.2, 0) is 4.79 Å². The number of hydrogen-bond acceptors (Lipinski definition) is 4. The van der Waals surface area contributed by atoms with Crippen LogP contribution in [0.15, 0.2) is 18.2 Å². The van der Waals surface area contributed by atoms with Crippen LogP contribution in [0, 0.1) is 17.0 Å². The van der Waals surface area contributed by atoms with Crippen LogP contribution >= 0.6 is 0 Å². The number of benzene rings is 1. The zero-order valence-corrected chi connectivity index (χ0v) is 11.6. The quantitative estimate of drug-likeness (QED) is 0.677. The fraction of sp³-hybridized carbons (Fsp3) is 0.500. The first-order chi connectivity index (χ1) is 9.58. The number of hydrogen-bond donors (Lipinski definition) is 1. The molecule has 1 amide bonds. The van der Waals surface area contributed by atoms with Gasteiger partial charge in [0.25, 0.3) is 5.69 Å². The summed E-state index contributed by atoms with van der Waals surface area (Å²) in [7, 11) is 0. The van der Waals surface area contributed by atoms with Crippen molar-refractivity contribution >= 4 is 17.3 Å². The van der Waals surface area contributed by atoms with Gasteiger partial charge in [0.05, 0.1) is 11.5 Å². The molecule has 0 radical (unpaired) electrons. The lowest BCUT2D eigenvalue weighted by Gasteiger charge is -2.27. The van der Waals surface area contributed by atoms with E-state index in [1.807, 2.05) is 11.8 Å². The molecule has 2 rings (SSSR count). The van der Waals surface area contributed by atoms with Crippen molar-refractivity contribution in [2.75, 3.05) is 25.0 Å². The number of nitro groups is 1. The van der Waals surface area contributed by atoms with Gasteiger partial charge in [-0.05, 0) is 31.7 Å². The number of nitro benzene ring substituents is 1. The van der Waals surface area contributed by atoms with E-state index < -0.39 is 4.92 Å². The molecule has 108 valence electrons. The zero-order chi connectivity index (χ0) is 14.5. The van der Waals surface area contributed by atoms with Gasteiger partial charge in [-0.2, -0.15) is 0 Å². The normalized spacial score (nSPS) is 14.9. The van der Waals surface area contributed by atoms with Gasteiger partial charge in [0.15, 0.2) is 0 Å². The molecule has 0 aliphatic carbocycles. The molecule has 1 aromatic carbocycles. The summed E-state index contributed by atoms with van der Waals surface area (Å²) in [6, 6.07) is 4.62. The van der Waals surface area contributed by atoms with Crippen molar-refractivity contribution < 1.29 is 9.72 Å². The van der Waals surface area contributed by atoms with Crippen molar-refractivity contribution in [3.8, 4) is 0 Å². The van der Waals surface area contributed by atoms with Crippen LogP contribution in [0.5, 0.6) is 0 Å². The number of nitrogens with one attached hydrogen (secondary N) is 1. The van der Waals surface area contributed by atoms with Crippen molar-refractivity contribution in [3.05, 3.63) is 33.9 Å². The molecule has 1 heterocycles. The number of carbonyl (C=O) groups is 1. The summed E-state index contributed by atoms with van der Waals surface area (Å²) in [5, 5.41) is 13.8. The Labute approximate surface area is 117 Å². The van der Waals surface area contributed by atoms with Crippen LogP contribution in [-0.4, -0.2) is 35.4 Å². The molecule has 1 aliphatic rings. The molecule has 1 fully saturated rings. The Morgan fingerprint density at radius 3 is 2.70 bits per heavy atom. The molecule has 1 aliphatic heterocycles. The highest BCUT2D eigenvalue weighted by atomic mass is 16.6. The van der Waals surface area contributed by atoms with Gasteiger partial charge >= 0.3 is 0 Å². The molecule has 0 saturated carbocycles. The first-order valence-corrected chi connectivity index (χ1v) is 6.84. The van der Waals surface area contributed by atoms with Crippen LogP contribution in [0.3, 0.4) is 0 Å². The lowest BCUT2D eigenvalue weighted by Crippen LogP contribution is -2.39. The highest BCUT2D eigenvalue weighted by molar-refractivity contribution is 5.81. The summed E-state index contributed by atoms with van der Waals surface area (Å²) in [5.41, 5.74) is 1.56. The van der Waals surface area contributed by atoms with Gasteiger partial charge in [-0.3, -0.25) is 14.9 Å². The minimum Gasteiger partial charge on any atom is -0.376 e. The molecular weight excluding hydrogens is 258 g/mol. The van der Waals surface area contributed by atoms with Crippen LogP contribution in [0.4, 0.5) is 11.4 Å². The first kappa shape index (κ1) is 14.3. The maximum absolute atomic E-state index is 12.0. The number of likely N-dealkylation sites (tertiary alicyclic amines) is 1. The molecule has 0 unspecified atom stereocenters. The van der Waals surface area contributed by atoms with Gasteiger partial charge in [-0.1, -0.05) is 6.07 Å². The van der Waals surface area contributed by atoms with Gasteiger partial charge in [0.1, 0.15) is 0 Å². The summed E-state index contributed by atoms with van der Waals surface area (Å²) < 4.78 is 0. The van der Waals surface area contributed by atoms with E-state index in [9.17, 15) is 14.9 Å². The third-order valence-corrected chi connectivity index (χ3v) is 3.57. The fourth-order valence-corrected chi connectivity index (χ4v) is 2.34. The number of non-ortho nitro benzene ring substituents is 1. The molecule has 1 aromatic rings. The van der Waals surface area contributed by atoms with E-state index in [2.05, 4.69) is 5.32 Å². The Morgan fingerprint density at radius 2 is 2.05 bits per heavy atom. The van der Waals surface area contributed by atoms with Gasteiger partial charge < -0.3 is 10.2 Å². The summed E-state index contributed by atoms with van der Waals surface area (Å²) in [6.07, 6.45) is 3.30. The van der Waals surface area contributed by atoms with E-state index in [1.165, 1.54) is 18.6 Å². The zero-order valence-electron chi connectivity index (χ0n) is 11.6. The van der Waals surface area contributed by atoms with Crippen molar-refractivity contribution in [2.24, 2.45) is 0 Å². The molecule has 0 spiro atoms. The van der Waals surface area contributed by atoms with Crippen LogP contribution in [0.2, 0.25) is 0 Å². The molecule has 0 atom stereocenters. The summed E-state index contributed by atoms with van der Waals surface area (Å²) in [5.74, 6) is 0.0515. The molecule has 0 bridgehead atoms. The molecular formula is C14H19N3O3. The Kier molecular flexibility index (Phi) is 4.55. The third-order valence-electron chi connectivity index (χ3n) is 3.57. The second kappa shape index (κ2) is 6.36. The predicted molar refractivity (Wildman–Crippen MR) is 76.8 cm³/mol. The van der Waals surface area contributed by atoms with Crippen molar-refractivity contribution in [3.63, 3.8) is 0 Å². The lowest BCUT2D eigenvalue weighted by atomic mass is 10.1. The van der Waals surface area contributed by atoms with Crippen molar-refractivity contribution in [1.82, 2.24) is 4.90 Å². The van der Waals surface area contributed by atoms with E-state index in [0.29, 0.717) is 5.69 Å². The Bertz CT molecular complexity index is 510. The van der Waals surface area contributed by atoms with E-state index in [4.69, 9.17) is 0 Å². The molecule has 0 aromatic heterocycles. The standard InChI is InChI=1S/C14H19N3O3/c1-11-5-6-12(17(19)20)9-13(11)15-10-14(18)16-7-3-2-4-8-16/h5-6,9,15H,2-4,7-8,10H2,1H3. The number of aryl methyl sites for hydroxylation is 1. The second-order valence-electron chi connectivity index (χ2n) is 5.05. The summed E-state index contributed by atoms with van der Waals surface area (Å²) in [6.45, 7) is 3.67. The number of rotatable bonds is 4. The van der Waals surface area contributed by atoms with Gasteiger partial charge in [0.2, 0.25) is 5.91 Å². The molecule has 1 N–H and O–H groups in total. The maximum Gasteiger partial charge on any atom is 0.271 e. The molecule has 1 saturated heterocycles. The number of nitrogens with zero attached hydrogens (tertiary/aromatic N) is 2. The first-order valence-electron chi connectivity index (χ1n) is 6.84. The number of carbonyl (C=O) groups excluding carboxylic acids is 1. The SMILES string of the molecule is Cc1ccc([N+](=O)[O-])cc1NCC(=O)N1CCCCC1. The van der Waals surface area contributed by atoms with E-state index in [0.717, 1.165) is 31.5 Å². The number of amides is 1. The largest absolute Gasteiger partial charge is 0.376 e. The van der Waals surface area contributed by atoms with Crippen LogP contribution in [0.1, 0.15) is 24.8 Å². The number of anilines is 1. The highest BCUT2D eigenvalue weighted by Crippen LogP contribution is 2.21. The number of piperidine rings is 1. The van der Waals surface area contributed by atoms with Gasteiger partial charge in [-0.25, -0.2) is 0 Å². The topological polar surface area (TPSA) is 75.5 Å². The summed E-state index contributed by atoms with van der Waals surface area (Å²) >= 11 is 0.